The Morgan fingerprint density at radius 2 is 1.90 bits per heavy atom. The summed E-state index contributed by atoms with van der Waals surface area (Å²) >= 11 is 3.48. The van der Waals surface area contributed by atoms with E-state index in [0.717, 1.165) is 23.2 Å². The second-order valence-electron chi connectivity index (χ2n) is 4.86. The molecule has 0 aliphatic carbocycles. The van der Waals surface area contributed by atoms with E-state index in [0.29, 0.717) is 12.4 Å². The van der Waals surface area contributed by atoms with Gasteiger partial charge in [0.15, 0.2) is 0 Å². The molecule has 0 saturated carbocycles. The van der Waals surface area contributed by atoms with Crippen molar-refractivity contribution in [2.24, 2.45) is 0 Å². The molecule has 4 nitrogen and oxygen atoms in total. The zero-order valence-electron chi connectivity index (χ0n) is 11.5. The van der Waals surface area contributed by atoms with E-state index < -0.39 is 0 Å². The van der Waals surface area contributed by atoms with E-state index in [1.807, 2.05) is 23.0 Å². The van der Waals surface area contributed by atoms with E-state index >= 15 is 0 Å². The van der Waals surface area contributed by atoms with E-state index in [-0.39, 0.29) is 0 Å². The molecule has 1 heterocycles. The summed E-state index contributed by atoms with van der Waals surface area (Å²) in [6.07, 6.45) is 2.77. The van der Waals surface area contributed by atoms with Gasteiger partial charge in [-0.2, -0.15) is 5.10 Å². The topological polar surface area (TPSA) is 53.1 Å². The standard InChI is InChI=1S/C16H16BrN3O/c17-14-4-2-13-11-15(5-3-12(13)10-14)21-9-1-7-20-8-6-16(18)19-20/h2-6,8,10-11H,1,7,9H2,(H2,18,19). The van der Waals surface area contributed by atoms with Gasteiger partial charge in [0, 0.05) is 23.6 Å². The van der Waals surface area contributed by atoms with Crippen molar-refractivity contribution in [3.63, 3.8) is 0 Å². The van der Waals surface area contributed by atoms with E-state index in [1.165, 1.54) is 10.8 Å². The second-order valence-corrected chi connectivity index (χ2v) is 5.77. The lowest BCUT2D eigenvalue weighted by Gasteiger charge is -2.08. The highest BCUT2D eigenvalue weighted by Gasteiger charge is 1.99. The number of nitrogen functional groups attached to an aromatic ring is 1. The Bertz CT molecular complexity index is 754. The number of nitrogens with two attached hydrogens (primary N) is 1. The lowest BCUT2D eigenvalue weighted by Crippen LogP contribution is -2.05. The fraction of sp³-hybridized carbons (Fsp3) is 0.188. The molecule has 0 unspecified atom stereocenters. The number of hydrogen-bond donors (Lipinski definition) is 1. The number of fused-ring (bicyclic) bond motifs is 1. The monoisotopic (exact) mass is 345 g/mol. The van der Waals surface area contributed by atoms with Crippen LogP contribution in [0.3, 0.4) is 0 Å². The smallest absolute Gasteiger partial charge is 0.145 e. The Balaban J connectivity index is 1.56. The zero-order chi connectivity index (χ0) is 14.7. The highest BCUT2D eigenvalue weighted by Crippen LogP contribution is 2.24. The Hall–Kier alpha value is -2.01. The van der Waals surface area contributed by atoms with Crippen LogP contribution in [0.4, 0.5) is 5.82 Å². The van der Waals surface area contributed by atoms with Crippen LogP contribution in [0.1, 0.15) is 6.42 Å². The molecule has 5 heteroatoms. The number of halogens is 1. The second kappa shape index (κ2) is 6.18. The van der Waals surface area contributed by atoms with Crippen LogP contribution < -0.4 is 10.5 Å². The molecule has 0 radical (unpaired) electrons. The van der Waals surface area contributed by atoms with Gasteiger partial charge in [-0.05, 0) is 41.1 Å². The molecule has 1 aromatic heterocycles. The summed E-state index contributed by atoms with van der Waals surface area (Å²) in [7, 11) is 0. The maximum Gasteiger partial charge on any atom is 0.145 e. The fourth-order valence-electron chi connectivity index (χ4n) is 2.20. The molecule has 2 N–H and O–H groups in total. The highest BCUT2D eigenvalue weighted by molar-refractivity contribution is 9.10. The first-order valence-corrected chi connectivity index (χ1v) is 7.61. The largest absolute Gasteiger partial charge is 0.494 e. The van der Waals surface area contributed by atoms with Gasteiger partial charge in [-0.3, -0.25) is 4.68 Å². The number of nitrogens with zero attached hydrogens (tertiary/aromatic N) is 2. The Morgan fingerprint density at radius 3 is 2.71 bits per heavy atom. The molecule has 3 rings (SSSR count). The van der Waals surface area contributed by atoms with E-state index in [4.69, 9.17) is 10.5 Å². The zero-order valence-corrected chi connectivity index (χ0v) is 13.1. The molecule has 0 spiro atoms. The van der Waals surface area contributed by atoms with Gasteiger partial charge < -0.3 is 10.5 Å². The van der Waals surface area contributed by atoms with Gasteiger partial charge in [0.2, 0.25) is 0 Å². The predicted molar refractivity (Wildman–Crippen MR) is 88.4 cm³/mol. The summed E-state index contributed by atoms with van der Waals surface area (Å²) in [6.45, 7) is 1.46. The lowest BCUT2D eigenvalue weighted by molar-refractivity contribution is 0.299. The van der Waals surface area contributed by atoms with Crippen LogP contribution in [0.5, 0.6) is 5.75 Å². The molecule has 0 aliphatic rings. The van der Waals surface area contributed by atoms with Gasteiger partial charge in [-0.1, -0.05) is 28.1 Å². The summed E-state index contributed by atoms with van der Waals surface area (Å²) in [5, 5.41) is 6.51. The van der Waals surface area contributed by atoms with Crippen LogP contribution in [0.2, 0.25) is 0 Å². The minimum Gasteiger partial charge on any atom is -0.494 e. The molecule has 3 aromatic rings. The van der Waals surface area contributed by atoms with Gasteiger partial charge in [-0.15, -0.1) is 0 Å². The van der Waals surface area contributed by atoms with Gasteiger partial charge in [-0.25, -0.2) is 0 Å². The summed E-state index contributed by atoms with van der Waals surface area (Å²) in [4.78, 5) is 0. The molecule has 0 atom stereocenters. The number of aromatic nitrogens is 2. The quantitative estimate of drug-likeness (QED) is 0.714. The summed E-state index contributed by atoms with van der Waals surface area (Å²) in [6, 6.07) is 14.1. The fourth-order valence-corrected chi connectivity index (χ4v) is 2.58. The minimum atomic E-state index is 0.552. The number of rotatable bonds is 5. The van der Waals surface area contributed by atoms with E-state index in [1.54, 1.807) is 6.07 Å². The highest BCUT2D eigenvalue weighted by atomic mass is 79.9. The number of hydrogen-bond acceptors (Lipinski definition) is 3. The minimum absolute atomic E-state index is 0.552. The first-order chi connectivity index (χ1) is 10.2. The molecular formula is C16H16BrN3O. The first-order valence-electron chi connectivity index (χ1n) is 6.82. The summed E-state index contributed by atoms with van der Waals surface area (Å²) in [5.41, 5.74) is 5.57. The van der Waals surface area contributed by atoms with Gasteiger partial charge in [0.05, 0.1) is 6.61 Å². The van der Waals surface area contributed by atoms with Crippen molar-refractivity contribution < 1.29 is 4.74 Å². The molecule has 0 bridgehead atoms. The molecule has 0 fully saturated rings. The van der Waals surface area contributed by atoms with Gasteiger partial charge in [0.25, 0.3) is 0 Å². The molecule has 0 aliphatic heterocycles. The third-order valence-electron chi connectivity index (χ3n) is 3.24. The predicted octanol–water partition coefficient (Wildman–Crippen LogP) is 3.85. The number of ether oxygens (including phenoxy) is 1. The van der Waals surface area contributed by atoms with Gasteiger partial charge >= 0.3 is 0 Å². The van der Waals surface area contributed by atoms with Gasteiger partial charge in [0.1, 0.15) is 11.6 Å². The van der Waals surface area contributed by atoms with Crippen molar-refractivity contribution in [1.82, 2.24) is 9.78 Å². The normalized spacial score (nSPS) is 10.9. The molecule has 108 valence electrons. The number of anilines is 1. The van der Waals surface area contributed by atoms with Crippen molar-refractivity contribution in [1.29, 1.82) is 0 Å². The number of aryl methyl sites for hydroxylation is 1. The molecule has 21 heavy (non-hydrogen) atoms. The molecule has 0 saturated heterocycles. The Morgan fingerprint density at radius 1 is 1.10 bits per heavy atom. The average molecular weight is 346 g/mol. The van der Waals surface area contributed by atoms with Crippen LogP contribution in [-0.2, 0) is 6.54 Å². The van der Waals surface area contributed by atoms with Crippen molar-refractivity contribution in [3.05, 3.63) is 53.1 Å². The Labute approximate surface area is 131 Å². The van der Waals surface area contributed by atoms with Crippen molar-refractivity contribution in [2.75, 3.05) is 12.3 Å². The Kier molecular flexibility index (Phi) is 4.10. The van der Waals surface area contributed by atoms with Crippen LogP contribution in [-0.4, -0.2) is 16.4 Å². The molecular weight excluding hydrogens is 330 g/mol. The van der Waals surface area contributed by atoms with Crippen LogP contribution in [0.25, 0.3) is 10.8 Å². The maximum absolute atomic E-state index is 5.79. The van der Waals surface area contributed by atoms with E-state index in [9.17, 15) is 0 Å². The van der Waals surface area contributed by atoms with E-state index in [2.05, 4.69) is 45.3 Å². The SMILES string of the molecule is Nc1ccn(CCCOc2ccc3cc(Br)ccc3c2)n1. The molecule has 0 amide bonds. The van der Waals surface area contributed by atoms with Crippen LogP contribution >= 0.6 is 15.9 Å². The lowest BCUT2D eigenvalue weighted by atomic mass is 10.1. The molecule has 2 aromatic carbocycles. The average Bonchev–Trinajstić information content (AvgIpc) is 2.89. The third kappa shape index (κ3) is 3.55. The van der Waals surface area contributed by atoms with Crippen LogP contribution in [0, 0.1) is 0 Å². The van der Waals surface area contributed by atoms with Crippen molar-refractivity contribution in [2.45, 2.75) is 13.0 Å². The maximum atomic E-state index is 5.79. The van der Waals surface area contributed by atoms with Crippen LogP contribution in [0.15, 0.2) is 53.1 Å². The van der Waals surface area contributed by atoms with Crippen molar-refractivity contribution in [3.8, 4) is 5.75 Å². The summed E-state index contributed by atoms with van der Waals surface area (Å²) in [5.74, 6) is 1.45. The third-order valence-corrected chi connectivity index (χ3v) is 3.73. The number of benzene rings is 2. The summed E-state index contributed by atoms with van der Waals surface area (Å²) < 4.78 is 8.70. The first kappa shape index (κ1) is 13.9. The van der Waals surface area contributed by atoms with Crippen molar-refractivity contribution >= 4 is 32.5 Å².